The largest absolute Gasteiger partial charge is 0.461 e. The van der Waals surface area contributed by atoms with Crippen molar-refractivity contribution in [3.63, 3.8) is 0 Å². The normalized spacial score (nSPS) is 14.7. The van der Waals surface area contributed by atoms with Crippen molar-refractivity contribution in [3.8, 4) is 17.4 Å². The molecule has 0 unspecified atom stereocenters. The van der Waals surface area contributed by atoms with E-state index in [0.29, 0.717) is 18.1 Å². The monoisotopic (exact) mass is 416 g/mol. The SMILES string of the molecule is O=C(NCCN1CCN(c2ccc(Cl)cc2)CC1)Oc1cc(-c2ccco2)on1. The fraction of sp³-hybridized carbons (Fsp3) is 0.300. The summed E-state index contributed by atoms with van der Waals surface area (Å²) in [5.74, 6) is 1.01. The molecule has 1 saturated heterocycles. The van der Waals surface area contributed by atoms with E-state index in [1.807, 2.05) is 24.3 Å². The van der Waals surface area contributed by atoms with Gasteiger partial charge in [0.15, 0.2) is 5.76 Å². The van der Waals surface area contributed by atoms with Gasteiger partial charge in [-0.3, -0.25) is 4.90 Å². The summed E-state index contributed by atoms with van der Waals surface area (Å²) < 4.78 is 15.4. The molecule has 29 heavy (non-hydrogen) atoms. The topological polar surface area (TPSA) is 84.0 Å². The van der Waals surface area contributed by atoms with Crippen LogP contribution in [0.3, 0.4) is 0 Å². The number of piperazine rings is 1. The molecule has 3 aromatic rings. The second-order valence-corrected chi connectivity index (χ2v) is 7.06. The van der Waals surface area contributed by atoms with Gasteiger partial charge in [0.25, 0.3) is 5.88 Å². The summed E-state index contributed by atoms with van der Waals surface area (Å²) in [4.78, 5) is 16.6. The van der Waals surface area contributed by atoms with E-state index in [1.165, 1.54) is 18.0 Å². The molecular weight excluding hydrogens is 396 g/mol. The molecule has 1 aromatic carbocycles. The Morgan fingerprint density at radius 1 is 1.14 bits per heavy atom. The predicted molar refractivity (Wildman–Crippen MR) is 108 cm³/mol. The Morgan fingerprint density at radius 2 is 1.93 bits per heavy atom. The number of hydrogen-bond donors (Lipinski definition) is 1. The molecule has 0 radical (unpaired) electrons. The highest BCUT2D eigenvalue weighted by atomic mass is 35.5. The Bertz CT molecular complexity index is 918. The van der Waals surface area contributed by atoms with Crippen LogP contribution in [-0.2, 0) is 0 Å². The van der Waals surface area contributed by atoms with Crippen LogP contribution in [0.25, 0.3) is 11.5 Å². The van der Waals surface area contributed by atoms with E-state index >= 15 is 0 Å². The molecule has 8 nitrogen and oxygen atoms in total. The number of ether oxygens (including phenoxy) is 1. The zero-order valence-corrected chi connectivity index (χ0v) is 16.5. The van der Waals surface area contributed by atoms with E-state index in [1.54, 1.807) is 12.1 Å². The molecule has 0 bridgehead atoms. The smallest absolute Gasteiger partial charge is 0.414 e. The van der Waals surface area contributed by atoms with Crippen molar-refractivity contribution < 1.29 is 18.5 Å². The van der Waals surface area contributed by atoms with Crippen molar-refractivity contribution in [3.05, 3.63) is 53.8 Å². The van der Waals surface area contributed by atoms with Crippen molar-refractivity contribution in [2.24, 2.45) is 0 Å². The standard InChI is InChI=1S/C20H21ClN4O4/c21-15-3-5-16(6-4-15)25-11-9-24(10-12-25)8-7-22-20(26)28-19-14-18(29-23-19)17-2-1-13-27-17/h1-6,13-14H,7-12H2,(H,22,26). The van der Waals surface area contributed by atoms with E-state index in [-0.39, 0.29) is 5.88 Å². The van der Waals surface area contributed by atoms with Gasteiger partial charge in [-0.25, -0.2) is 4.79 Å². The maximum atomic E-state index is 11.9. The van der Waals surface area contributed by atoms with Crippen LogP contribution in [0.4, 0.5) is 10.5 Å². The summed E-state index contributed by atoms with van der Waals surface area (Å²) in [6.07, 6.45) is 0.962. The van der Waals surface area contributed by atoms with Gasteiger partial charge >= 0.3 is 6.09 Å². The molecule has 2 aromatic heterocycles. The molecular formula is C20H21ClN4O4. The molecule has 0 saturated carbocycles. The van der Waals surface area contributed by atoms with Crippen LogP contribution < -0.4 is 15.0 Å². The third kappa shape index (κ3) is 5.10. The Balaban J connectivity index is 1.16. The molecule has 1 fully saturated rings. The zero-order valence-electron chi connectivity index (χ0n) is 15.7. The quantitative estimate of drug-likeness (QED) is 0.658. The molecule has 1 aliphatic heterocycles. The fourth-order valence-corrected chi connectivity index (χ4v) is 3.30. The second kappa shape index (κ2) is 9.02. The number of carbonyl (C=O) groups is 1. The van der Waals surface area contributed by atoms with Crippen LogP contribution in [-0.4, -0.2) is 55.4 Å². The van der Waals surface area contributed by atoms with Gasteiger partial charge in [-0.2, -0.15) is 0 Å². The molecule has 0 atom stereocenters. The van der Waals surface area contributed by atoms with Gasteiger partial charge < -0.3 is 23.9 Å². The van der Waals surface area contributed by atoms with Gasteiger partial charge in [0, 0.05) is 50.0 Å². The predicted octanol–water partition coefficient (Wildman–Crippen LogP) is 3.50. The maximum absolute atomic E-state index is 11.9. The second-order valence-electron chi connectivity index (χ2n) is 6.63. The average molecular weight is 417 g/mol. The highest BCUT2D eigenvalue weighted by Gasteiger charge is 2.18. The first-order valence-electron chi connectivity index (χ1n) is 9.36. The van der Waals surface area contributed by atoms with Gasteiger partial charge in [0.2, 0.25) is 5.76 Å². The molecule has 0 aliphatic carbocycles. The van der Waals surface area contributed by atoms with E-state index in [0.717, 1.165) is 37.7 Å². The van der Waals surface area contributed by atoms with Crippen LogP contribution in [0.1, 0.15) is 0 Å². The third-order valence-electron chi connectivity index (χ3n) is 4.71. The molecule has 0 spiro atoms. The van der Waals surface area contributed by atoms with Gasteiger partial charge in [-0.1, -0.05) is 11.6 Å². The first-order valence-corrected chi connectivity index (χ1v) is 9.74. The molecule has 9 heteroatoms. The Morgan fingerprint density at radius 3 is 2.66 bits per heavy atom. The number of furan rings is 1. The number of hydrogen-bond acceptors (Lipinski definition) is 7. The molecule has 4 rings (SSSR count). The summed E-state index contributed by atoms with van der Waals surface area (Å²) in [5, 5.41) is 7.19. The van der Waals surface area contributed by atoms with Gasteiger partial charge in [0.05, 0.1) is 12.3 Å². The number of carbonyl (C=O) groups excluding carboxylic acids is 1. The molecule has 3 heterocycles. The Kier molecular flexibility index (Phi) is 6.02. The van der Waals surface area contributed by atoms with Crippen LogP contribution in [0.5, 0.6) is 5.88 Å². The van der Waals surface area contributed by atoms with Crippen LogP contribution in [0.2, 0.25) is 5.02 Å². The number of aromatic nitrogens is 1. The summed E-state index contributed by atoms with van der Waals surface area (Å²) in [7, 11) is 0. The van der Waals surface area contributed by atoms with Crippen molar-refractivity contribution in [1.82, 2.24) is 15.4 Å². The highest BCUT2D eigenvalue weighted by molar-refractivity contribution is 6.30. The number of anilines is 1. The lowest BCUT2D eigenvalue weighted by molar-refractivity contribution is 0.191. The summed E-state index contributed by atoms with van der Waals surface area (Å²) in [6, 6.07) is 12.9. The highest BCUT2D eigenvalue weighted by Crippen LogP contribution is 2.23. The van der Waals surface area contributed by atoms with E-state index in [2.05, 4.69) is 20.3 Å². The average Bonchev–Trinajstić information content (AvgIpc) is 3.41. The van der Waals surface area contributed by atoms with E-state index in [9.17, 15) is 4.79 Å². The van der Waals surface area contributed by atoms with E-state index < -0.39 is 6.09 Å². The van der Waals surface area contributed by atoms with Crippen molar-refractivity contribution in [1.29, 1.82) is 0 Å². The lowest BCUT2D eigenvalue weighted by atomic mass is 10.2. The third-order valence-corrected chi connectivity index (χ3v) is 4.96. The summed E-state index contributed by atoms with van der Waals surface area (Å²) in [5.41, 5.74) is 1.18. The minimum atomic E-state index is -0.566. The van der Waals surface area contributed by atoms with Gasteiger partial charge in [-0.05, 0) is 41.6 Å². The zero-order chi connectivity index (χ0) is 20.1. The van der Waals surface area contributed by atoms with Gasteiger partial charge in [-0.15, -0.1) is 0 Å². The minimum absolute atomic E-state index is 0.0884. The van der Waals surface area contributed by atoms with Crippen LogP contribution >= 0.6 is 11.6 Å². The molecule has 1 aliphatic rings. The number of nitrogens with one attached hydrogen (secondary N) is 1. The lowest BCUT2D eigenvalue weighted by Gasteiger charge is -2.36. The van der Waals surface area contributed by atoms with Crippen molar-refractivity contribution in [2.75, 3.05) is 44.2 Å². The first-order chi connectivity index (χ1) is 14.2. The molecule has 152 valence electrons. The molecule has 1 amide bonds. The number of amides is 1. The number of benzene rings is 1. The number of nitrogens with zero attached hydrogens (tertiary/aromatic N) is 3. The number of halogens is 1. The lowest BCUT2D eigenvalue weighted by Crippen LogP contribution is -2.48. The Labute approximate surface area is 173 Å². The first kappa shape index (κ1) is 19.4. The van der Waals surface area contributed by atoms with Crippen molar-refractivity contribution in [2.45, 2.75) is 0 Å². The van der Waals surface area contributed by atoms with Crippen molar-refractivity contribution >= 4 is 23.4 Å². The Hall–Kier alpha value is -2.97. The van der Waals surface area contributed by atoms with Gasteiger partial charge in [0.1, 0.15) is 0 Å². The van der Waals surface area contributed by atoms with Crippen LogP contribution in [0, 0.1) is 0 Å². The fourth-order valence-electron chi connectivity index (χ4n) is 3.17. The van der Waals surface area contributed by atoms with E-state index in [4.69, 9.17) is 25.3 Å². The summed E-state index contributed by atoms with van der Waals surface area (Å²) >= 11 is 5.95. The molecule has 1 N–H and O–H groups in total. The number of rotatable bonds is 6. The minimum Gasteiger partial charge on any atom is -0.461 e. The van der Waals surface area contributed by atoms with Crippen LogP contribution in [0.15, 0.2) is 57.7 Å². The maximum Gasteiger partial charge on any atom is 0.414 e. The summed E-state index contributed by atoms with van der Waals surface area (Å²) in [6.45, 7) is 4.95.